The van der Waals surface area contributed by atoms with Crippen LogP contribution in [0.5, 0.6) is 0 Å². The average Bonchev–Trinajstić information content (AvgIpc) is 2.80. The highest BCUT2D eigenvalue weighted by molar-refractivity contribution is 5.82. The molecular weight excluding hydrogens is 289 g/mol. The van der Waals surface area contributed by atoms with Gasteiger partial charge in [0.15, 0.2) is 0 Å². The Balaban J connectivity index is 1.91. The molecule has 9 heteroatoms. The number of morpholine rings is 1. The summed E-state index contributed by atoms with van der Waals surface area (Å²) in [5.74, 6) is -0.470. The number of carbonyl (C=O) groups is 1. The van der Waals surface area contributed by atoms with Crippen LogP contribution in [0, 0.1) is 0 Å². The van der Waals surface area contributed by atoms with Crippen LogP contribution in [-0.4, -0.2) is 59.1 Å². The van der Waals surface area contributed by atoms with E-state index in [2.05, 4.69) is 10.4 Å². The number of rotatable bonds is 4. The van der Waals surface area contributed by atoms with Crippen LogP contribution in [0.2, 0.25) is 0 Å². The molecule has 0 bridgehead atoms. The van der Waals surface area contributed by atoms with Crippen LogP contribution < -0.4 is 5.32 Å². The Labute approximate surface area is 119 Å². The maximum Gasteiger partial charge on any atom is 0.401 e. The molecule has 1 unspecified atom stereocenters. The van der Waals surface area contributed by atoms with Crippen molar-refractivity contribution in [2.24, 2.45) is 7.05 Å². The lowest BCUT2D eigenvalue weighted by molar-refractivity contribution is -0.166. The summed E-state index contributed by atoms with van der Waals surface area (Å²) in [6.07, 6.45) is -1.02. The second-order valence-electron chi connectivity index (χ2n) is 4.92. The molecule has 1 saturated heterocycles. The molecule has 0 spiro atoms. The number of nitrogens with zero attached hydrogens (tertiary/aromatic N) is 3. The average molecular weight is 306 g/mol. The fourth-order valence-electron chi connectivity index (χ4n) is 2.17. The van der Waals surface area contributed by atoms with Crippen LogP contribution in [0.4, 0.5) is 13.2 Å². The molecule has 1 fully saturated rings. The van der Waals surface area contributed by atoms with Gasteiger partial charge >= 0.3 is 6.18 Å². The predicted molar refractivity (Wildman–Crippen MR) is 67.3 cm³/mol. The Hall–Kier alpha value is -1.61. The number of nitrogens with one attached hydrogen (secondary N) is 1. The lowest BCUT2D eigenvalue weighted by atomic mass is 10.2. The Morgan fingerprint density at radius 1 is 1.57 bits per heavy atom. The molecule has 1 amide bonds. The first-order valence-corrected chi connectivity index (χ1v) is 6.49. The number of carbonyl (C=O) groups excluding carboxylic acids is 1. The third-order valence-electron chi connectivity index (χ3n) is 3.15. The van der Waals surface area contributed by atoms with Gasteiger partial charge in [-0.2, -0.15) is 18.3 Å². The molecule has 118 valence electrons. The molecule has 6 nitrogen and oxygen atoms in total. The van der Waals surface area contributed by atoms with E-state index in [1.807, 2.05) is 0 Å². The van der Waals surface area contributed by atoms with E-state index in [9.17, 15) is 18.0 Å². The highest BCUT2D eigenvalue weighted by Crippen LogP contribution is 2.19. The Morgan fingerprint density at radius 2 is 2.33 bits per heavy atom. The fourth-order valence-corrected chi connectivity index (χ4v) is 2.17. The molecule has 1 aliphatic rings. The largest absolute Gasteiger partial charge is 0.401 e. The zero-order chi connectivity index (χ0) is 15.5. The van der Waals surface area contributed by atoms with Crippen molar-refractivity contribution < 1.29 is 22.7 Å². The third kappa shape index (κ3) is 4.71. The van der Waals surface area contributed by atoms with E-state index in [0.717, 1.165) is 10.5 Å². The van der Waals surface area contributed by atoms with Crippen molar-refractivity contribution in [1.82, 2.24) is 20.0 Å². The minimum absolute atomic E-state index is 0.0328. The smallest absolute Gasteiger partial charge is 0.378 e. The molecule has 0 aliphatic carbocycles. The molecule has 2 rings (SSSR count). The molecule has 0 radical (unpaired) electrons. The number of amides is 1. The van der Waals surface area contributed by atoms with E-state index < -0.39 is 24.7 Å². The number of alkyl halides is 3. The minimum Gasteiger partial charge on any atom is -0.378 e. The molecule has 0 saturated carbocycles. The van der Waals surface area contributed by atoms with Gasteiger partial charge in [-0.05, 0) is 0 Å². The van der Waals surface area contributed by atoms with Gasteiger partial charge in [0, 0.05) is 31.9 Å². The van der Waals surface area contributed by atoms with E-state index in [1.54, 1.807) is 24.1 Å². The highest BCUT2D eigenvalue weighted by atomic mass is 19.4. The standard InChI is InChI=1S/C12H17F3N4O2/c1-18-6-9(5-17-18)4-16-11(20)10-7-21-3-2-19(10)8-12(13,14)15/h5-6,10H,2-4,7-8H2,1H3,(H,16,20). The summed E-state index contributed by atoms with van der Waals surface area (Å²) in [5.41, 5.74) is 0.782. The zero-order valence-corrected chi connectivity index (χ0v) is 11.6. The van der Waals surface area contributed by atoms with Crippen molar-refractivity contribution in [3.8, 4) is 0 Å². The van der Waals surface area contributed by atoms with Gasteiger partial charge in [0.25, 0.3) is 0 Å². The number of ether oxygens (including phenoxy) is 1. The number of aryl methyl sites for hydroxylation is 1. The molecule has 1 aliphatic heterocycles. The Kier molecular flexibility index (Phi) is 4.84. The SMILES string of the molecule is Cn1cc(CNC(=O)C2COCCN2CC(F)(F)F)cn1. The Morgan fingerprint density at radius 3 is 2.95 bits per heavy atom. The molecular formula is C12H17F3N4O2. The second-order valence-corrected chi connectivity index (χ2v) is 4.92. The zero-order valence-electron chi connectivity index (χ0n) is 11.6. The lowest BCUT2D eigenvalue weighted by Gasteiger charge is -2.34. The third-order valence-corrected chi connectivity index (χ3v) is 3.15. The van der Waals surface area contributed by atoms with Gasteiger partial charge in [-0.25, -0.2) is 0 Å². The van der Waals surface area contributed by atoms with Crippen molar-refractivity contribution in [1.29, 1.82) is 0 Å². The molecule has 1 N–H and O–H groups in total. The molecule has 2 heterocycles. The van der Waals surface area contributed by atoms with Crippen LogP contribution in [0.3, 0.4) is 0 Å². The van der Waals surface area contributed by atoms with Crippen LogP contribution in [-0.2, 0) is 23.1 Å². The van der Waals surface area contributed by atoms with E-state index in [4.69, 9.17) is 4.74 Å². The van der Waals surface area contributed by atoms with E-state index in [-0.39, 0.29) is 26.3 Å². The summed E-state index contributed by atoms with van der Waals surface area (Å²) >= 11 is 0. The van der Waals surface area contributed by atoms with Crippen LogP contribution in [0.15, 0.2) is 12.4 Å². The van der Waals surface area contributed by atoms with Gasteiger partial charge < -0.3 is 10.1 Å². The topological polar surface area (TPSA) is 59.4 Å². The van der Waals surface area contributed by atoms with E-state index in [0.29, 0.717) is 0 Å². The first-order chi connectivity index (χ1) is 9.85. The first kappa shape index (κ1) is 15.8. The van der Waals surface area contributed by atoms with Gasteiger partial charge in [-0.1, -0.05) is 0 Å². The van der Waals surface area contributed by atoms with E-state index >= 15 is 0 Å². The molecule has 1 aromatic heterocycles. The quantitative estimate of drug-likeness (QED) is 0.869. The number of halogens is 3. The van der Waals surface area contributed by atoms with Gasteiger partial charge in [0.05, 0.1) is 26.0 Å². The number of aromatic nitrogens is 2. The summed E-state index contributed by atoms with van der Waals surface area (Å²) in [6.45, 7) is -0.633. The molecule has 0 aromatic carbocycles. The van der Waals surface area contributed by atoms with Gasteiger partial charge in [-0.15, -0.1) is 0 Å². The van der Waals surface area contributed by atoms with Crippen molar-refractivity contribution in [2.45, 2.75) is 18.8 Å². The maximum absolute atomic E-state index is 12.5. The van der Waals surface area contributed by atoms with Crippen LogP contribution >= 0.6 is 0 Å². The lowest BCUT2D eigenvalue weighted by Crippen LogP contribution is -2.55. The molecule has 1 atom stereocenters. The molecule has 21 heavy (non-hydrogen) atoms. The highest BCUT2D eigenvalue weighted by Gasteiger charge is 2.38. The minimum atomic E-state index is -4.33. The van der Waals surface area contributed by atoms with Crippen molar-refractivity contribution >= 4 is 5.91 Å². The van der Waals surface area contributed by atoms with Gasteiger partial charge in [0.2, 0.25) is 5.91 Å². The molecule has 1 aromatic rings. The monoisotopic (exact) mass is 306 g/mol. The summed E-state index contributed by atoms with van der Waals surface area (Å²) < 4.78 is 44.2. The van der Waals surface area contributed by atoms with E-state index in [1.165, 1.54) is 0 Å². The maximum atomic E-state index is 12.5. The summed E-state index contributed by atoms with van der Waals surface area (Å²) in [5, 5.41) is 6.57. The first-order valence-electron chi connectivity index (χ1n) is 6.49. The van der Waals surface area contributed by atoms with Crippen LogP contribution in [0.1, 0.15) is 5.56 Å². The normalized spacial score (nSPS) is 20.5. The van der Waals surface area contributed by atoms with Gasteiger partial charge in [-0.3, -0.25) is 14.4 Å². The Bertz CT molecular complexity index is 489. The fraction of sp³-hybridized carbons (Fsp3) is 0.667. The predicted octanol–water partition coefficient (Wildman–Crippen LogP) is 0.299. The number of hydrogen-bond acceptors (Lipinski definition) is 4. The van der Waals surface area contributed by atoms with Crippen molar-refractivity contribution in [3.05, 3.63) is 18.0 Å². The van der Waals surface area contributed by atoms with Crippen molar-refractivity contribution in [3.63, 3.8) is 0 Å². The summed E-state index contributed by atoms with van der Waals surface area (Å²) in [4.78, 5) is 13.1. The summed E-state index contributed by atoms with van der Waals surface area (Å²) in [6, 6.07) is -0.919. The van der Waals surface area contributed by atoms with Crippen molar-refractivity contribution in [2.75, 3.05) is 26.3 Å². The second kappa shape index (κ2) is 6.44. The van der Waals surface area contributed by atoms with Gasteiger partial charge in [0.1, 0.15) is 6.04 Å². The number of hydrogen-bond donors (Lipinski definition) is 1. The van der Waals surface area contributed by atoms with Crippen LogP contribution in [0.25, 0.3) is 0 Å². The summed E-state index contributed by atoms with van der Waals surface area (Å²) in [7, 11) is 1.74.